The molecule has 0 unspecified atom stereocenters. The lowest BCUT2D eigenvalue weighted by Crippen LogP contribution is -2.40. The van der Waals surface area contributed by atoms with Crippen LogP contribution in [0.25, 0.3) is 0 Å². The van der Waals surface area contributed by atoms with Crippen LogP contribution >= 0.6 is 0 Å². The number of hydrogen-bond donors (Lipinski definition) is 0. The van der Waals surface area contributed by atoms with Crippen molar-refractivity contribution in [3.8, 4) is 12.3 Å². The average molecular weight is 193 g/mol. The number of likely N-dealkylation sites (tertiary alicyclic amines) is 1. The summed E-state index contributed by atoms with van der Waals surface area (Å²) >= 11 is 0. The van der Waals surface area contributed by atoms with E-state index in [0.29, 0.717) is 25.8 Å². The van der Waals surface area contributed by atoms with E-state index in [1.165, 1.54) is 4.90 Å². The van der Waals surface area contributed by atoms with Gasteiger partial charge in [0.25, 0.3) is 0 Å². The van der Waals surface area contributed by atoms with Crippen molar-refractivity contribution < 1.29 is 9.59 Å². The molecular formula is C11H15NO2. The Hall–Kier alpha value is -1.30. The summed E-state index contributed by atoms with van der Waals surface area (Å²) in [7, 11) is 0. The molecule has 0 aromatic heterocycles. The number of carbonyl (C=O) groups is 2. The molecule has 0 aromatic rings. The summed E-state index contributed by atoms with van der Waals surface area (Å²) in [6.07, 6.45) is 9.26. The Balaban J connectivity index is 2.30. The summed E-state index contributed by atoms with van der Waals surface area (Å²) in [6, 6.07) is 0. The van der Waals surface area contributed by atoms with Crippen LogP contribution in [-0.4, -0.2) is 23.3 Å². The van der Waals surface area contributed by atoms with Crippen LogP contribution < -0.4 is 0 Å². The normalized spacial score (nSPS) is 16.9. The van der Waals surface area contributed by atoms with Crippen molar-refractivity contribution in [3.05, 3.63) is 0 Å². The molecule has 0 N–H and O–H groups in total. The molecule has 0 atom stereocenters. The fourth-order valence-corrected chi connectivity index (χ4v) is 1.55. The van der Waals surface area contributed by atoms with Crippen molar-refractivity contribution >= 4 is 11.8 Å². The van der Waals surface area contributed by atoms with Gasteiger partial charge < -0.3 is 0 Å². The second kappa shape index (κ2) is 5.43. The van der Waals surface area contributed by atoms with E-state index in [4.69, 9.17) is 6.42 Å². The maximum absolute atomic E-state index is 11.3. The molecule has 1 fully saturated rings. The molecule has 1 heterocycles. The zero-order chi connectivity index (χ0) is 10.4. The summed E-state index contributed by atoms with van der Waals surface area (Å²) < 4.78 is 0. The molecule has 1 aliphatic rings. The van der Waals surface area contributed by atoms with Gasteiger partial charge in [0.15, 0.2) is 0 Å². The van der Waals surface area contributed by atoms with Crippen LogP contribution in [0, 0.1) is 12.3 Å². The van der Waals surface area contributed by atoms with Gasteiger partial charge in [0.1, 0.15) is 0 Å². The number of piperidine rings is 1. The maximum Gasteiger partial charge on any atom is 0.229 e. The van der Waals surface area contributed by atoms with Crippen LogP contribution in [-0.2, 0) is 9.59 Å². The Morgan fingerprint density at radius 3 is 2.43 bits per heavy atom. The van der Waals surface area contributed by atoms with Gasteiger partial charge in [0, 0.05) is 25.8 Å². The van der Waals surface area contributed by atoms with Gasteiger partial charge in [-0.05, 0) is 19.3 Å². The Labute approximate surface area is 84.5 Å². The lowest BCUT2D eigenvalue weighted by atomic mass is 10.1. The zero-order valence-corrected chi connectivity index (χ0v) is 8.29. The third kappa shape index (κ3) is 2.88. The molecule has 3 heteroatoms. The molecule has 0 aromatic carbocycles. The fraction of sp³-hybridized carbons (Fsp3) is 0.636. The molecule has 1 rings (SSSR count). The number of unbranched alkanes of at least 4 members (excludes halogenated alkanes) is 2. The maximum atomic E-state index is 11.3. The molecule has 0 spiro atoms. The molecular weight excluding hydrogens is 178 g/mol. The zero-order valence-electron chi connectivity index (χ0n) is 8.29. The monoisotopic (exact) mass is 193 g/mol. The molecule has 14 heavy (non-hydrogen) atoms. The SMILES string of the molecule is C#CCCCCN1C(=O)CCCC1=O. The number of carbonyl (C=O) groups excluding carboxylic acids is 2. The minimum atomic E-state index is -0.0260. The molecule has 0 radical (unpaired) electrons. The quantitative estimate of drug-likeness (QED) is 0.384. The summed E-state index contributed by atoms with van der Waals surface area (Å²) in [5, 5.41) is 0. The number of imide groups is 1. The fourth-order valence-electron chi connectivity index (χ4n) is 1.55. The van der Waals surface area contributed by atoms with E-state index >= 15 is 0 Å². The Bertz CT molecular complexity index is 249. The second-order valence-corrected chi connectivity index (χ2v) is 3.45. The van der Waals surface area contributed by atoms with Crippen LogP contribution in [0.5, 0.6) is 0 Å². The highest BCUT2D eigenvalue weighted by Gasteiger charge is 2.24. The van der Waals surface area contributed by atoms with Crippen LogP contribution in [0.3, 0.4) is 0 Å². The van der Waals surface area contributed by atoms with Gasteiger partial charge in [-0.15, -0.1) is 12.3 Å². The van der Waals surface area contributed by atoms with Crippen molar-refractivity contribution in [1.29, 1.82) is 0 Å². The van der Waals surface area contributed by atoms with Gasteiger partial charge in [0.05, 0.1) is 0 Å². The molecule has 0 aliphatic carbocycles. The molecule has 1 saturated heterocycles. The van der Waals surface area contributed by atoms with Crippen molar-refractivity contribution in [2.24, 2.45) is 0 Å². The van der Waals surface area contributed by atoms with Gasteiger partial charge in [-0.3, -0.25) is 14.5 Å². The molecule has 2 amide bonds. The van der Waals surface area contributed by atoms with Crippen molar-refractivity contribution in [1.82, 2.24) is 4.90 Å². The first-order chi connectivity index (χ1) is 6.75. The Kier molecular flexibility index (Phi) is 4.18. The van der Waals surface area contributed by atoms with E-state index in [-0.39, 0.29) is 11.8 Å². The van der Waals surface area contributed by atoms with Gasteiger partial charge in [-0.25, -0.2) is 0 Å². The third-order valence-corrected chi connectivity index (χ3v) is 2.34. The molecule has 0 saturated carbocycles. The van der Waals surface area contributed by atoms with E-state index in [9.17, 15) is 9.59 Å². The highest BCUT2D eigenvalue weighted by Crippen LogP contribution is 2.13. The highest BCUT2D eigenvalue weighted by molar-refractivity contribution is 5.97. The van der Waals surface area contributed by atoms with E-state index < -0.39 is 0 Å². The number of rotatable bonds is 4. The minimum absolute atomic E-state index is 0.0260. The summed E-state index contributed by atoms with van der Waals surface area (Å²) in [4.78, 5) is 24.0. The summed E-state index contributed by atoms with van der Waals surface area (Å²) in [5.41, 5.74) is 0. The lowest BCUT2D eigenvalue weighted by molar-refractivity contribution is -0.147. The molecule has 0 bridgehead atoms. The van der Waals surface area contributed by atoms with E-state index in [1.807, 2.05) is 0 Å². The predicted molar refractivity (Wildman–Crippen MR) is 53.3 cm³/mol. The smallest absolute Gasteiger partial charge is 0.229 e. The molecule has 1 aliphatic heterocycles. The standard InChI is InChI=1S/C11H15NO2/c1-2-3-4-5-9-12-10(13)7-6-8-11(12)14/h1H,3-9H2. The van der Waals surface area contributed by atoms with Crippen LogP contribution in [0.2, 0.25) is 0 Å². The summed E-state index contributed by atoms with van der Waals surface area (Å²) in [5.74, 6) is 2.49. The molecule has 76 valence electrons. The first-order valence-corrected chi connectivity index (χ1v) is 5.02. The van der Waals surface area contributed by atoms with Crippen molar-refractivity contribution in [3.63, 3.8) is 0 Å². The van der Waals surface area contributed by atoms with Crippen LogP contribution in [0.1, 0.15) is 38.5 Å². The highest BCUT2D eigenvalue weighted by atomic mass is 16.2. The van der Waals surface area contributed by atoms with Gasteiger partial charge in [-0.2, -0.15) is 0 Å². The molecule has 3 nitrogen and oxygen atoms in total. The second-order valence-electron chi connectivity index (χ2n) is 3.45. The number of terminal acetylenes is 1. The number of hydrogen-bond acceptors (Lipinski definition) is 2. The lowest BCUT2D eigenvalue weighted by Gasteiger charge is -2.24. The van der Waals surface area contributed by atoms with E-state index in [2.05, 4.69) is 5.92 Å². The number of nitrogens with zero attached hydrogens (tertiary/aromatic N) is 1. The largest absolute Gasteiger partial charge is 0.283 e. The predicted octanol–water partition coefficient (Wildman–Crippen LogP) is 1.33. The van der Waals surface area contributed by atoms with Gasteiger partial charge in [0.2, 0.25) is 11.8 Å². The Morgan fingerprint density at radius 2 is 1.86 bits per heavy atom. The van der Waals surface area contributed by atoms with Gasteiger partial charge >= 0.3 is 0 Å². The van der Waals surface area contributed by atoms with Crippen LogP contribution in [0.15, 0.2) is 0 Å². The van der Waals surface area contributed by atoms with Crippen molar-refractivity contribution in [2.45, 2.75) is 38.5 Å². The Morgan fingerprint density at radius 1 is 1.21 bits per heavy atom. The van der Waals surface area contributed by atoms with Crippen LogP contribution in [0.4, 0.5) is 0 Å². The van der Waals surface area contributed by atoms with E-state index in [0.717, 1.165) is 19.3 Å². The first kappa shape index (κ1) is 10.8. The van der Waals surface area contributed by atoms with E-state index in [1.54, 1.807) is 0 Å². The minimum Gasteiger partial charge on any atom is -0.283 e. The summed E-state index contributed by atoms with van der Waals surface area (Å²) in [6.45, 7) is 0.541. The first-order valence-electron chi connectivity index (χ1n) is 5.02. The van der Waals surface area contributed by atoms with Gasteiger partial charge in [-0.1, -0.05) is 0 Å². The third-order valence-electron chi connectivity index (χ3n) is 2.34. The topological polar surface area (TPSA) is 37.4 Å². The number of amides is 2. The van der Waals surface area contributed by atoms with Crippen molar-refractivity contribution in [2.75, 3.05) is 6.54 Å². The average Bonchev–Trinajstić information content (AvgIpc) is 2.16.